The molecular formula is C22H16N6OS. The van der Waals surface area contributed by atoms with Crippen molar-refractivity contribution < 1.29 is 4.79 Å². The van der Waals surface area contributed by atoms with Crippen LogP contribution in [0, 0.1) is 18.3 Å². The molecule has 1 amide bonds. The molecule has 2 aromatic heterocycles. The molecule has 0 aliphatic heterocycles. The second-order valence-electron chi connectivity index (χ2n) is 6.54. The van der Waals surface area contributed by atoms with Gasteiger partial charge in [-0.1, -0.05) is 30.0 Å². The van der Waals surface area contributed by atoms with Gasteiger partial charge >= 0.3 is 0 Å². The topological polar surface area (TPSA) is 96.5 Å². The Balaban J connectivity index is 1.59. The molecule has 0 spiro atoms. The zero-order valence-corrected chi connectivity index (χ0v) is 16.8. The molecule has 7 nitrogen and oxygen atoms in total. The maximum Gasteiger partial charge on any atom is 0.255 e. The highest BCUT2D eigenvalue weighted by Gasteiger charge is 2.12. The standard InChI is InChI=1S/C22H16N6OS/c1-14-6-7-18(25-22(29)17-5-3-4-16(8-17)15(2)10-23)9-20(14)28-12-19(26-27-28)21-11-24-13-30-21/h3-9,11-13H,2H2,1H3,(H,25,29). The number of thiazole rings is 1. The molecule has 0 unspecified atom stereocenters. The maximum absolute atomic E-state index is 12.7. The summed E-state index contributed by atoms with van der Waals surface area (Å²) in [7, 11) is 0. The lowest BCUT2D eigenvalue weighted by molar-refractivity contribution is 0.102. The SMILES string of the molecule is C=C(C#N)c1cccc(C(=O)Nc2ccc(C)c(-n3cc(-c4cncs4)nn3)c2)c1. The average Bonchev–Trinajstić information content (AvgIpc) is 3.46. The van der Waals surface area contributed by atoms with Crippen molar-refractivity contribution in [2.45, 2.75) is 6.92 Å². The van der Waals surface area contributed by atoms with Gasteiger partial charge in [-0.15, -0.1) is 16.4 Å². The number of hydrogen-bond acceptors (Lipinski definition) is 6. The highest BCUT2D eigenvalue weighted by molar-refractivity contribution is 7.13. The van der Waals surface area contributed by atoms with Crippen molar-refractivity contribution in [1.29, 1.82) is 5.26 Å². The molecule has 0 radical (unpaired) electrons. The number of nitriles is 1. The minimum Gasteiger partial charge on any atom is -0.322 e. The van der Waals surface area contributed by atoms with Crippen molar-refractivity contribution in [1.82, 2.24) is 20.0 Å². The van der Waals surface area contributed by atoms with E-state index in [1.807, 2.05) is 37.4 Å². The Morgan fingerprint density at radius 1 is 1.23 bits per heavy atom. The lowest BCUT2D eigenvalue weighted by atomic mass is 10.0. The number of benzene rings is 2. The van der Waals surface area contributed by atoms with E-state index >= 15 is 0 Å². The minimum atomic E-state index is -0.277. The summed E-state index contributed by atoms with van der Waals surface area (Å²) in [5.74, 6) is -0.277. The Morgan fingerprint density at radius 3 is 2.83 bits per heavy atom. The van der Waals surface area contributed by atoms with E-state index in [9.17, 15) is 4.79 Å². The van der Waals surface area contributed by atoms with Crippen LogP contribution in [0.15, 0.2) is 66.9 Å². The van der Waals surface area contributed by atoms with Crippen LogP contribution in [0.25, 0.3) is 21.8 Å². The number of aryl methyl sites for hydroxylation is 1. The van der Waals surface area contributed by atoms with Crippen LogP contribution in [0.5, 0.6) is 0 Å². The van der Waals surface area contributed by atoms with E-state index in [1.54, 1.807) is 40.7 Å². The molecule has 8 heteroatoms. The van der Waals surface area contributed by atoms with Crippen molar-refractivity contribution in [3.05, 3.63) is 83.6 Å². The number of rotatable bonds is 5. The Kier molecular flexibility index (Phi) is 5.20. The van der Waals surface area contributed by atoms with Gasteiger partial charge in [-0.05, 0) is 42.3 Å². The third-order valence-corrected chi connectivity index (χ3v) is 5.30. The molecule has 4 aromatic rings. The summed E-state index contributed by atoms with van der Waals surface area (Å²) in [6.45, 7) is 5.66. The number of carbonyl (C=O) groups is 1. The van der Waals surface area contributed by atoms with Crippen molar-refractivity contribution in [2.24, 2.45) is 0 Å². The molecule has 0 bridgehead atoms. The molecule has 2 aromatic carbocycles. The molecule has 1 N–H and O–H groups in total. The fraction of sp³-hybridized carbons (Fsp3) is 0.0455. The van der Waals surface area contributed by atoms with Gasteiger partial charge in [0.05, 0.1) is 33.9 Å². The van der Waals surface area contributed by atoms with Crippen molar-refractivity contribution in [3.63, 3.8) is 0 Å². The number of carbonyl (C=O) groups excluding carboxylic acids is 1. The summed E-state index contributed by atoms with van der Waals surface area (Å²) in [6, 6.07) is 14.4. The highest BCUT2D eigenvalue weighted by atomic mass is 32.1. The number of allylic oxidation sites excluding steroid dienone is 1. The van der Waals surface area contributed by atoms with Crippen LogP contribution in [-0.2, 0) is 0 Å². The number of anilines is 1. The number of nitrogens with one attached hydrogen (secondary N) is 1. The zero-order chi connectivity index (χ0) is 21.1. The van der Waals surface area contributed by atoms with E-state index < -0.39 is 0 Å². The van der Waals surface area contributed by atoms with Gasteiger partial charge < -0.3 is 5.32 Å². The first kappa shape index (κ1) is 19.2. The van der Waals surface area contributed by atoms with Crippen LogP contribution >= 0.6 is 11.3 Å². The molecule has 30 heavy (non-hydrogen) atoms. The van der Waals surface area contributed by atoms with Gasteiger partial charge in [-0.25, -0.2) is 4.68 Å². The second kappa shape index (κ2) is 8.11. The van der Waals surface area contributed by atoms with Crippen LogP contribution in [0.2, 0.25) is 0 Å². The van der Waals surface area contributed by atoms with E-state index in [0.29, 0.717) is 22.4 Å². The fourth-order valence-corrected chi connectivity index (χ4v) is 3.46. The Bertz CT molecular complexity index is 1280. The highest BCUT2D eigenvalue weighted by Crippen LogP contribution is 2.24. The fourth-order valence-electron chi connectivity index (χ4n) is 2.89. The van der Waals surface area contributed by atoms with Gasteiger partial charge in [0, 0.05) is 17.4 Å². The van der Waals surface area contributed by atoms with Crippen LogP contribution in [-0.4, -0.2) is 25.9 Å². The van der Waals surface area contributed by atoms with Crippen LogP contribution in [0.3, 0.4) is 0 Å². The zero-order valence-electron chi connectivity index (χ0n) is 16.0. The number of amides is 1. The minimum absolute atomic E-state index is 0.277. The molecule has 0 atom stereocenters. The Hall–Kier alpha value is -4.09. The molecule has 0 saturated carbocycles. The van der Waals surface area contributed by atoms with Gasteiger partial charge in [0.25, 0.3) is 5.91 Å². The summed E-state index contributed by atoms with van der Waals surface area (Å²) in [5, 5.41) is 20.3. The lowest BCUT2D eigenvalue weighted by Gasteiger charge is -2.10. The van der Waals surface area contributed by atoms with E-state index in [4.69, 9.17) is 5.26 Å². The van der Waals surface area contributed by atoms with Gasteiger partial charge in [0.1, 0.15) is 5.69 Å². The quantitative estimate of drug-likeness (QED) is 0.487. The first-order valence-electron chi connectivity index (χ1n) is 8.98. The van der Waals surface area contributed by atoms with Crippen molar-refractivity contribution >= 4 is 28.5 Å². The molecule has 4 rings (SSSR count). The molecule has 0 fully saturated rings. The Morgan fingerprint density at radius 2 is 2.07 bits per heavy atom. The summed E-state index contributed by atoms with van der Waals surface area (Å²) < 4.78 is 1.68. The largest absolute Gasteiger partial charge is 0.322 e. The summed E-state index contributed by atoms with van der Waals surface area (Å²) >= 11 is 1.49. The Labute approximate surface area is 176 Å². The third kappa shape index (κ3) is 3.87. The third-order valence-electron chi connectivity index (χ3n) is 4.50. The van der Waals surface area contributed by atoms with E-state index in [0.717, 1.165) is 21.8 Å². The predicted molar refractivity (Wildman–Crippen MR) is 116 cm³/mol. The molecule has 146 valence electrons. The summed E-state index contributed by atoms with van der Waals surface area (Å²) in [4.78, 5) is 17.7. The van der Waals surface area contributed by atoms with Crippen molar-refractivity contribution in [2.75, 3.05) is 5.32 Å². The van der Waals surface area contributed by atoms with Gasteiger partial charge in [-0.3, -0.25) is 9.78 Å². The van der Waals surface area contributed by atoms with Crippen LogP contribution < -0.4 is 5.32 Å². The van der Waals surface area contributed by atoms with Gasteiger partial charge in [0.15, 0.2) is 0 Å². The smallest absolute Gasteiger partial charge is 0.255 e. The van der Waals surface area contributed by atoms with Crippen LogP contribution in [0.1, 0.15) is 21.5 Å². The maximum atomic E-state index is 12.7. The van der Waals surface area contributed by atoms with Gasteiger partial charge in [-0.2, -0.15) is 5.26 Å². The number of aromatic nitrogens is 4. The first-order chi connectivity index (χ1) is 14.5. The van der Waals surface area contributed by atoms with E-state index in [1.165, 1.54) is 11.3 Å². The van der Waals surface area contributed by atoms with E-state index in [-0.39, 0.29) is 5.91 Å². The monoisotopic (exact) mass is 412 g/mol. The first-order valence-corrected chi connectivity index (χ1v) is 9.86. The second-order valence-corrected chi connectivity index (χ2v) is 7.43. The van der Waals surface area contributed by atoms with Crippen LogP contribution in [0.4, 0.5) is 5.69 Å². The molecule has 0 aliphatic rings. The molecule has 0 saturated heterocycles. The lowest BCUT2D eigenvalue weighted by Crippen LogP contribution is -2.12. The normalized spacial score (nSPS) is 10.4. The van der Waals surface area contributed by atoms with Crippen molar-refractivity contribution in [3.8, 4) is 22.3 Å². The number of hydrogen-bond donors (Lipinski definition) is 1. The molecular weight excluding hydrogens is 396 g/mol. The average molecular weight is 412 g/mol. The molecule has 2 heterocycles. The van der Waals surface area contributed by atoms with Gasteiger partial charge in [0.2, 0.25) is 0 Å². The number of nitrogens with zero attached hydrogens (tertiary/aromatic N) is 5. The van der Waals surface area contributed by atoms with E-state index in [2.05, 4.69) is 27.2 Å². The summed E-state index contributed by atoms with van der Waals surface area (Å²) in [5.41, 5.74) is 6.28. The predicted octanol–water partition coefficient (Wildman–Crippen LogP) is 4.49. The summed E-state index contributed by atoms with van der Waals surface area (Å²) in [6.07, 6.45) is 3.58. The molecule has 0 aliphatic carbocycles.